The van der Waals surface area contributed by atoms with Crippen molar-refractivity contribution in [2.24, 2.45) is 5.10 Å². The molecule has 10 heteroatoms. The minimum atomic E-state index is -0.918. The summed E-state index contributed by atoms with van der Waals surface area (Å²) in [5.41, 5.74) is 4.72. The third kappa shape index (κ3) is 6.95. The van der Waals surface area contributed by atoms with E-state index in [4.69, 9.17) is 9.47 Å². The lowest BCUT2D eigenvalue weighted by Gasteiger charge is -2.16. The smallest absolute Gasteiger partial charge is 0.408 e. The lowest BCUT2D eigenvalue weighted by atomic mass is 10.1. The van der Waals surface area contributed by atoms with Crippen molar-refractivity contribution >= 4 is 34.1 Å². The Kier molecular flexibility index (Phi) is 8.38. The Labute approximate surface area is 193 Å². The number of rotatable bonds is 9. The minimum Gasteiger partial charge on any atom is -0.496 e. The van der Waals surface area contributed by atoms with Crippen LogP contribution in [0.5, 0.6) is 5.75 Å². The van der Waals surface area contributed by atoms with Crippen molar-refractivity contribution in [2.45, 2.75) is 19.1 Å². The van der Waals surface area contributed by atoms with Crippen molar-refractivity contribution in [3.8, 4) is 5.75 Å². The van der Waals surface area contributed by atoms with Gasteiger partial charge >= 0.3 is 6.09 Å². The van der Waals surface area contributed by atoms with Crippen molar-refractivity contribution in [3.05, 3.63) is 82.3 Å². The van der Waals surface area contributed by atoms with Crippen LogP contribution in [0.15, 0.2) is 70.6 Å². The highest BCUT2D eigenvalue weighted by atomic mass is 79.9. The van der Waals surface area contributed by atoms with Gasteiger partial charge in [0.15, 0.2) is 0 Å². The van der Waals surface area contributed by atoms with Crippen molar-refractivity contribution in [2.75, 3.05) is 7.11 Å². The highest BCUT2D eigenvalue weighted by Crippen LogP contribution is 2.24. The van der Waals surface area contributed by atoms with E-state index in [9.17, 15) is 9.59 Å². The molecule has 0 saturated heterocycles. The molecule has 0 bridgehead atoms. The van der Waals surface area contributed by atoms with Gasteiger partial charge in [0, 0.05) is 18.3 Å². The predicted octanol–water partition coefficient (Wildman–Crippen LogP) is 3.17. The number of imidazole rings is 1. The molecule has 1 atom stereocenters. The molecule has 0 saturated carbocycles. The van der Waals surface area contributed by atoms with Crippen molar-refractivity contribution < 1.29 is 19.1 Å². The second-order valence-corrected chi connectivity index (χ2v) is 7.52. The van der Waals surface area contributed by atoms with E-state index in [1.807, 2.05) is 30.3 Å². The van der Waals surface area contributed by atoms with Gasteiger partial charge in [0.25, 0.3) is 5.91 Å². The summed E-state index contributed by atoms with van der Waals surface area (Å²) in [4.78, 5) is 31.8. The largest absolute Gasteiger partial charge is 0.496 e. The molecular formula is C22H22BrN5O4. The zero-order valence-corrected chi connectivity index (χ0v) is 18.8. The number of hydrogen-bond acceptors (Lipinski definition) is 6. The molecule has 166 valence electrons. The van der Waals surface area contributed by atoms with Gasteiger partial charge < -0.3 is 19.8 Å². The molecule has 2 aromatic carbocycles. The first-order chi connectivity index (χ1) is 15.5. The molecule has 0 aliphatic carbocycles. The number of hydrazone groups is 1. The number of carbonyl (C=O) groups is 2. The molecule has 32 heavy (non-hydrogen) atoms. The number of aromatic amines is 1. The third-order valence-electron chi connectivity index (χ3n) is 4.36. The van der Waals surface area contributed by atoms with Gasteiger partial charge in [-0.2, -0.15) is 5.10 Å². The van der Waals surface area contributed by atoms with Gasteiger partial charge in [-0.25, -0.2) is 15.2 Å². The monoisotopic (exact) mass is 499 g/mol. The van der Waals surface area contributed by atoms with E-state index in [0.29, 0.717) is 11.4 Å². The summed E-state index contributed by atoms with van der Waals surface area (Å²) in [7, 11) is 1.58. The number of nitrogens with one attached hydrogen (secondary N) is 3. The lowest BCUT2D eigenvalue weighted by molar-refractivity contribution is -0.123. The molecule has 0 fully saturated rings. The molecule has 9 nitrogen and oxygen atoms in total. The van der Waals surface area contributed by atoms with Crippen LogP contribution in [0.25, 0.3) is 0 Å². The van der Waals surface area contributed by atoms with Gasteiger partial charge in [0.2, 0.25) is 0 Å². The lowest BCUT2D eigenvalue weighted by Crippen LogP contribution is -2.47. The Bertz CT molecular complexity index is 1060. The maximum atomic E-state index is 12.7. The van der Waals surface area contributed by atoms with Crippen LogP contribution in [0.4, 0.5) is 4.79 Å². The van der Waals surface area contributed by atoms with Crippen LogP contribution in [0, 0.1) is 0 Å². The highest BCUT2D eigenvalue weighted by Gasteiger charge is 2.22. The first-order valence-electron chi connectivity index (χ1n) is 9.66. The van der Waals surface area contributed by atoms with Crippen LogP contribution in [-0.2, 0) is 22.6 Å². The Balaban J connectivity index is 1.60. The number of carbonyl (C=O) groups excluding carboxylic acids is 2. The van der Waals surface area contributed by atoms with Crippen molar-refractivity contribution in [3.63, 3.8) is 0 Å². The molecule has 0 spiro atoms. The number of hydrogen-bond donors (Lipinski definition) is 3. The summed E-state index contributed by atoms with van der Waals surface area (Å²) in [5, 5.41) is 6.56. The summed E-state index contributed by atoms with van der Waals surface area (Å²) < 4.78 is 11.2. The maximum absolute atomic E-state index is 12.7. The molecule has 0 aliphatic rings. The van der Waals surface area contributed by atoms with E-state index in [1.165, 1.54) is 12.5 Å². The predicted molar refractivity (Wildman–Crippen MR) is 122 cm³/mol. The SMILES string of the molecule is COc1ccc(/C=N\NC(=O)[C@H](Cc2cnc[nH]2)NC(=O)OCc2ccccc2)cc1Br. The number of halogens is 1. The van der Waals surface area contributed by atoms with Gasteiger partial charge in [-0.3, -0.25) is 4.79 Å². The number of amides is 2. The zero-order chi connectivity index (χ0) is 22.8. The van der Waals surface area contributed by atoms with E-state index in [0.717, 1.165) is 15.6 Å². The van der Waals surface area contributed by atoms with Gasteiger partial charge in [0.1, 0.15) is 18.4 Å². The number of ether oxygens (including phenoxy) is 2. The van der Waals surface area contributed by atoms with Crippen LogP contribution in [0.1, 0.15) is 16.8 Å². The standard InChI is InChI=1S/C22H22BrN5O4/c1-31-20-8-7-16(9-18(20)23)11-26-28-21(29)19(10-17-12-24-14-25-17)27-22(30)32-13-15-5-3-2-4-6-15/h2-9,11-12,14,19H,10,13H2,1H3,(H,24,25)(H,27,30)(H,28,29)/b26-11-/t19-/m0/s1. The van der Waals surface area contributed by atoms with Crippen LogP contribution in [0.3, 0.4) is 0 Å². The third-order valence-corrected chi connectivity index (χ3v) is 4.98. The molecule has 3 N–H and O–H groups in total. The first-order valence-corrected chi connectivity index (χ1v) is 10.5. The van der Waals surface area contributed by atoms with Gasteiger partial charge in [-0.05, 0) is 45.3 Å². The van der Waals surface area contributed by atoms with E-state index >= 15 is 0 Å². The summed E-state index contributed by atoms with van der Waals surface area (Å²) in [6, 6.07) is 13.7. The Morgan fingerprint density at radius 1 is 1.25 bits per heavy atom. The summed E-state index contributed by atoms with van der Waals surface area (Å²) in [6.45, 7) is 0.0928. The Hall–Kier alpha value is -3.66. The van der Waals surface area contributed by atoms with Crippen LogP contribution in [0.2, 0.25) is 0 Å². The fourth-order valence-electron chi connectivity index (χ4n) is 2.74. The molecule has 0 unspecified atom stereocenters. The number of methoxy groups -OCH3 is 1. The van der Waals surface area contributed by atoms with Gasteiger partial charge in [0.05, 0.1) is 24.1 Å². The summed E-state index contributed by atoms with van der Waals surface area (Å²) in [5.74, 6) is 0.184. The molecule has 1 aromatic heterocycles. The number of H-pyrrole nitrogens is 1. The van der Waals surface area contributed by atoms with Crippen molar-refractivity contribution in [1.29, 1.82) is 0 Å². The van der Waals surface area contributed by atoms with E-state index in [2.05, 4.69) is 41.7 Å². The molecule has 2 amide bonds. The number of alkyl carbamates (subject to hydrolysis) is 1. The van der Waals surface area contributed by atoms with Gasteiger partial charge in [-0.15, -0.1) is 0 Å². The van der Waals surface area contributed by atoms with Crippen LogP contribution >= 0.6 is 15.9 Å². The second kappa shape index (κ2) is 11.7. The zero-order valence-electron chi connectivity index (χ0n) is 17.2. The molecule has 0 radical (unpaired) electrons. The Morgan fingerprint density at radius 2 is 2.06 bits per heavy atom. The molecular weight excluding hydrogens is 478 g/mol. The maximum Gasteiger partial charge on any atom is 0.408 e. The normalized spacial score (nSPS) is 11.7. The first kappa shape index (κ1) is 23.0. The Morgan fingerprint density at radius 3 is 2.75 bits per heavy atom. The number of benzene rings is 2. The highest BCUT2D eigenvalue weighted by molar-refractivity contribution is 9.10. The van der Waals surface area contributed by atoms with Crippen LogP contribution in [-0.4, -0.2) is 41.3 Å². The molecule has 3 aromatic rings. The van der Waals surface area contributed by atoms with Crippen LogP contribution < -0.4 is 15.5 Å². The van der Waals surface area contributed by atoms with E-state index in [-0.39, 0.29) is 13.0 Å². The molecule has 1 heterocycles. The second-order valence-electron chi connectivity index (χ2n) is 6.67. The molecule has 3 rings (SSSR count). The average Bonchev–Trinajstić information content (AvgIpc) is 3.31. The quantitative estimate of drug-likeness (QED) is 0.308. The van der Waals surface area contributed by atoms with Crippen molar-refractivity contribution in [1.82, 2.24) is 20.7 Å². The minimum absolute atomic E-state index is 0.0928. The topological polar surface area (TPSA) is 118 Å². The average molecular weight is 500 g/mol. The van der Waals surface area contributed by atoms with Gasteiger partial charge in [-0.1, -0.05) is 30.3 Å². The summed E-state index contributed by atoms with van der Waals surface area (Å²) in [6.07, 6.45) is 4.04. The number of aromatic nitrogens is 2. The fourth-order valence-corrected chi connectivity index (χ4v) is 3.30. The molecule has 0 aliphatic heterocycles. The fraction of sp³-hybridized carbons (Fsp3) is 0.182. The number of nitrogens with zero attached hydrogens (tertiary/aromatic N) is 2. The summed E-state index contributed by atoms with van der Waals surface area (Å²) >= 11 is 3.40. The van der Waals surface area contributed by atoms with E-state index in [1.54, 1.807) is 31.5 Å². The van der Waals surface area contributed by atoms with E-state index < -0.39 is 18.0 Å².